The number of hydrogen-bond acceptors (Lipinski definition) is 1. The number of hydrogen-bond donors (Lipinski definition) is 1. The van der Waals surface area contributed by atoms with E-state index in [0.29, 0.717) is 10.0 Å². The zero-order chi connectivity index (χ0) is 33.5. The van der Waals surface area contributed by atoms with Crippen molar-refractivity contribution in [2.24, 2.45) is 0 Å². The predicted molar refractivity (Wildman–Crippen MR) is 203 cm³/mol. The van der Waals surface area contributed by atoms with Crippen molar-refractivity contribution < 1.29 is 0 Å². The van der Waals surface area contributed by atoms with Crippen LogP contribution in [0, 0.1) is 83.1 Å². The molecule has 0 amide bonds. The summed E-state index contributed by atoms with van der Waals surface area (Å²) in [5.74, 6) is 0. The number of para-hydroxylation sites is 1. The molecule has 236 valence electrons. The SMILES string of the molecule is Cc1cc(N(c2cc(Cl)cc(-c3c(C)c(C)c(C)c4c3[nH]c3ccccc34)c2Cl)c2c(C)c(C)c(C)c(C)c2C)c(C)c(C)c1C. The molecule has 1 aromatic heterocycles. The van der Waals surface area contributed by atoms with Crippen molar-refractivity contribution in [3.05, 3.63) is 119 Å². The third kappa shape index (κ3) is 4.68. The summed E-state index contributed by atoms with van der Waals surface area (Å²) in [4.78, 5) is 6.15. The fourth-order valence-electron chi connectivity index (χ4n) is 7.43. The fourth-order valence-corrected chi connectivity index (χ4v) is 7.93. The molecule has 0 unspecified atom stereocenters. The molecule has 0 aliphatic carbocycles. The first-order chi connectivity index (χ1) is 21.7. The van der Waals surface area contributed by atoms with Crippen molar-refractivity contribution in [3.63, 3.8) is 0 Å². The number of benzene rings is 5. The lowest BCUT2D eigenvalue weighted by Crippen LogP contribution is -2.18. The molecule has 1 heterocycles. The van der Waals surface area contributed by atoms with Gasteiger partial charge in [0.05, 0.1) is 21.9 Å². The number of nitrogens with zero attached hydrogens (tertiary/aromatic N) is 1. The Labute approximate surface area is 284 Å². The van der Waals surface area contributed by atoms with Gasteiger partial charge in [-0.1, -0.05) is 41.4 Å². The Hall–Kier alpha value is -3.72. The van der Waals surface area contributed by atoms with Crippen LogP contribution in [0.25, 0.3) is 32.9 Å². The first-order valence-electron chi connectivity index (χ1n) is 16.1. The topological polar surface area (TPSA) is 19.0 Å². The number of aromatic nitrogens is 1. The third-order valence-electron chi connectivity index (χ3n) is 11.2. The van der Waals surface area contributed by atoms with E-state index in [0.717, 1.165) is 39.2 Å². The molecule has 0 aliphatic rings. The number of fused-ring (bicyclic) bond motifs is 3. The normalized spacial score (nSPS) is 11.7. The van der Waals surface area contributed by atoms with E-state index in [1.54, 1.807) is 0 Å². The number of rotatable bonds is 4. The maximum absolute atomic E-state index is 7.74. The second kappa shape index (κ2) is 11.5. The minimum Gasteiger partial charge on any atom is -0.354 e. The highest BCUT2D eigenvalue weighted by molar-refractivity contribution is 6.39. The van der Waals surface area contributed by atoms with Crippen molar-refractivity contribution in [1.82, 2.24) is 4.98 Å². The van der Waals surface area contributed by atoms with Gasteiger partial charge in [-0.15, -0.1) is 0 Å². The summed E-state index contributed by atoms with van der Waals surface area (Å²) in [5.41, 5.74) is 22.6. The smallest absolute Gasteiger partial charge is 0.0726 e. The van der Waals surface area contributed by atoms with Gasteiger partial charge in [-0.3, -0.25) is 0 Å². The number of aryl methyl sites for hydroxylation is 2. The number of nitrogens with one attached hydrogen (secondary N) is 1. The van der Waals surface area contributed by atoms with E-state index in [4.69, 9.17) is 23.2 Å². The van der Waals surface area contributed by atoms with Gasteiger partial charge >= 0.3 is 0 Å². The molecule has 0 radical (unpaired) electrons. The second-order valence-corrected chi connectivity index (χ2v) is 14.2. The van der Waals surface area contributed by atoms with Gasteiger partial charge in [0.2, 0.25) is 0 Å². The van der Waals surface area contributed by atoms with E-state index >= 15 is 0 Å². The van der Waals surface area contributed by atoms with Gasteiger partial charge in [-0.05, 0) is 174 Å². The second-order valence-electron chi connectivity index (χ2n) is 13.4. The van der Waals surface area contributed by atoms with E-state index < -0.39 is 0 Å². The van der Waals surface area contributed by atoms with E-state index in [1.807, 2.05) is 12.1 Å². The van der Waals surface area contributed by atoms with Crippen molar-refractivity contribution >= 4 is 62.1 Å². The first kappa shape index (κ1) is 32.2. The van der Waals surface area contributed by atoms with Crippen LogP contribution in [0.2, 0.25) is 10.0 Å². The Balaban J connectivity index is 1.78. The molecule has 6 aromatic rings. The minimum absolute atomic E-state index is 0.648. The van der Waals surface area contributed by atoms with Crippen molar-refractivity contribution in [1.29, 1.82) is 0 Å². The van der Waals surface area contributed by atoms with Gasteiger partial charge in [-0.25, -0.2) is 0 Å². The van der Waals surface area contributed by atoms with Crippen molar-refractivity contribution in [3.8, 4) is 11.1 Å². The van der Waals surface area contributed by atoms with Crippen LogP contribution < -0.4 is 4.90 Å². The lowest BCUT2D eigenvalue weighted by atomic mass is 9.89. The lowest BCUT2D eigenvalue weighted by Gasteiger charge is -2.34. The molecule has 0 atom stereocenters. The predicted octanol–water partition coefficient (Wildman–Crippen LogP) is 13.5. The summed E-state index contributed by atoms with van der Waals surface area (Å²) >= 11 is 14.9. The van der Waals surface area contributed by atoms with Gasteiger partial charge < -0.3 is 9.88 Å². The maximum atomic E-state index is 7.74. The van der Waals surface area contributed by atoms with Gasteiger partial charge in [0.1, 0.15) is 0 Å². The minimum atomic E-state index is 0.648. The zero-order valence-corrected chi connectivity index (χ0v) is 30.8. The highest BCUT2D eigenvalue weighted by atomic mass is 35.5. The Kier molecular flexibility index (Phi) is 8.06. The highest BCUT2D eigenvalue weighted by Gasteiger charge is 2.28. The molecule has 5 aromatic carbocycles. The lowest BCUT2D eigenvalue weighted by molar-refractivity contribution is 1.11. The Morgan fingerprint density at radius 1 is 0.543 bits per heavy atom. The summed E-state index contributed by atoms with van der Waals surface area (Å²) in [6, 6.07) is 14.9. The quantitative estimate of drug-likeness (QED) is 0.202. The first-order valence-corrected chi connectivity index (χ1v) is 16.9. The van der Waals surface area contributed by atoms with Crippen LogP contribution in [-0.2, 0) is 0 Å². The summed E-state index contributed by atoms with van der Waals surface area (Å²) < 4.78 is 0. The summed E-state index contributed by atoms with van der Waals surface area (Å²) in [6.45, 7) is 26.7. The number of halogens is 2. The van der Waals surface area contributed by atoms with Crippen LogP contribution in [0.4, 0.5) is 17.1 Å². The van der Waals surface area contributed by atoms with E-state index in [2.05, 4.69) is 123 Å². The Morgan fingerprint density at radius 2 is 1.11 bits per heavy atom. The molecule has 2 nitrogen and oxygen atoms in total. The summed E-state index contributed by atoms with van der Waals surface area (Å²) in [6.07, 6.45) is 0. The van der Waals surface area contributed by atoms with Crippen LogP contribution in [0.5, 0.6) is 0 Å². The zero-order valence-electron chi connectivity index (χ0n) is 29.2. The van der Waals surface area contributed by atoms with Crippen LogP contribution in [-0.4, -0.2) is 4.98 Å². The number of aromatic amines is 1. The number of anilines is 3. The van der Waals surface area contributed by atoms with Crippen LogP contribution in [0.3, 0.4) is 0 Å². The van der Waals surface area contributed by atoms with Crippen LogP contribution >= 0.6 is 23.2 Å². The molecule has 0 spiro atoms. The third-order valence-corrected chi connectivity index (χ3v) is 11.9. The molecule has 0 fully saturated rings. The maximum Gasteiger partial charge on any atom is 0.0726 e. The van der Waals surface area contributed by atoms with Crippen molar-refractivity contribution in [2.75, 3.05) is 4.90 Å². The molecule has 0 aliphatic heterocycles. The van der Waals surface area contributed by atoms with Gasteiger partial charge in [-0.2, -0.15) is 0 Å². The van der Waals surface area contributed by atoms with E-state index in [-0.39, 0.29) is 0 Å². The summed E-state index contributed by atoms with van der Waals surface area (Å²) in [7, 11) is 0. The van der Waals surface area contributed by atoms with Gasteiger partial charge in [0, 0.05) is 38.1 Å². The Bertz CT molecular complexity index is 2220. The molecule has 6 rings (SSSR count). The summed E-state index contributed by atoms with van der Waals surface area (Å²) in [5, 5.41) is 3.79. The molecular formula is C42H44Cl2N2. The van der Waals surface area contributed by atoms with Crippen molar-refractivity contribution in [2.45, 2.75) is 83.1 Å². The van der Waals surface area contributed by atoms with E-state index in [1.165, 1.54) is 77.5 Å². The average molecular weight is 648 g/mol. The molecular weight excluding hydrogens is 603 g/mol. The highest BCUT2D eigenvalue weighted by Crippen LogP contribution is 2.51. The molecule has 1 N–H and O–H groups in total. The van der Waals surface area contributed by atoms with Gasteiger partial charge in [0.15, 0.2) is 0 Å². The van der Waals surface area contributed by atoms with Crippen LogP contribution in [0.15, 0.2) is 42.5 Å². The van der Waals surface area contributed by atoms with Gasteiger partial charge in [0.25, 0.3) is 0 Å². The van der Waals surface area contributed by atoms with Crippen LogP contribution in [0.1, 0.15) is 66.8 Å². The Morgan fingerprint density at radius 3 is 1.76 bits per heavy atom. The molecule has 0 saturated carbocycles. The monoisotopic (exact) mass is 646 g/mol. The molecule has 4 heteroatoms. The standard InChI is InChI=1S/C42H44Cl2N2/c1-20-17-36(27(8)22(3)21(20)2)46(42-30(11)24(5)23(4)25(6)31(42)12)37-19-32(43)18-34(40(37)44)39-29(10)26(7)28(9)38-33-15-13-14-16-35(33)45-41(38)39/h13-19,45H,1-12H3. The largest absolute Gasteiger partial charge is 0.354 e. The average Bonchev–Trinajstić information content (AvgIpc) is 3.42. The van der Waals surface area contributed by atoms with E-state index in [9.17, 15) is 0 Å². The molecule has 0 saturated heterocycles. The fraction of sp³-hybridized carbons (Fsp3) is 0.286. The molecule has 46 heavy (non-hydrogen) atoms. The molecule has 0 bridgehead atoms. The number of H-pyrrole nitrogens is 1.